The first-order valence-corrected chi connectivity index (χ1v) is 11.2. The van der Waals surface area contributed by atoms with Crippen molar-refractivity contribution < 1.29 is 9.53 Å². The van der Waals surface area contributed by atoms with Crippen LogP contribution >= 0.6 is 0 Å². The van der Waals surface area contributed by atoms with Gasteiger partial charge in [-0.25, -0.2) is 0 Å². The summed E-state index contributed by atoms with van der Waals surface area (Å²) >= 11 is 0. The molecule has 6 nitrogen and oxygen atoms in total. The van der Waals surface area contributed by atoms with Crippen molar-refractivity contribution in [1.82, 2.24) is 9.88 Å². The van der Waals surface area contributed by atoms with Crippen LogP contribution in [-0.2, 0) is 16.6 Å². The normalized spacial score (nSPS) is 17.7. The average molecular weight is 419 g/mol. The summed E-state index contributed by atoms with van der Waals surface area (Å²) in [6, 6.07) is 17.2. The van der Waals surface area contributed by atoms with Crippen LogP contribution in [0.5, 0.6) is 0 Å². The quantitative estimate of drug-likeness (QED) is 0.665. The number of aromatic nitrogens is 1. The van der Waals surface area contributed by atoms with Crippen molar-refractivity contribution in [3.63, 3.8) is 0 Å². The molecule has 3 heterocycles. The molecule has 2 aromatic carbocycles. The predicted octanol–water partition coefficient (Wildman–Crippen LogP) is 3.62. The number of rotatable bonds is 5. The maximum Gasteiger partial charge on any atom is 0.239 e. The molecular formula is C25H30N4O2. The Bertz CT molecular complexity index is 1070. The van der Waals surface area contributed by atoms with Crippen LogP contribution < -0.4 is 15.5 Å². The van der Waals surface area contributed by atoms with E-state index in [0.29, 0.717) is 19.0 Å². The van der Waals surface area contributed by atoms with Gasteiger partial charge in [0.1, 0.15) is 0 Å². The Balaban J connectivity index is 1.55. The third kappa shape index (κ3) is 4.12. The van der Waals surface area contributed by atoms with Crippen LogP contribution in [0.15, 0.2) is 48.5 Å². The lowest BCUT2D eigenvalue weighted by atomic mass is 10.0. The lowest BCUT2D eigenvalue weighted by molar-refractivity contribution is -0.120. The van der Waals surface area contributed by atoms with Crippen LogP contribution in [0.4, 0.5) is 11.4 Å². The van der Waals surface area contributed by atoms with Crippen molar-refractivity contribution in [3.8, 4) is 11.3 Å². The summed E-state index contributed by atoms with van der Waals surface area (Å²) in [6.07, 6.45) is 2.20. The molecule has 0 saturated carbocycles. The molecular weight excluding hydrogens is 388 g/mol. The first kappa shape index (κ1) is 19.9. The highest BCUT2D eigenvalue weighted by Crippen LogP contribution is 2.36. The number of amides is 1. The van der Waals surface area contributed by atoms with Crippen molar-refractivity contribution in [2.24, 2.45) is 13.0 Å². The summed E-state index contributed by atoms with van der Waals surface area (Å²) in [7, 11) is 2.14. The van der Waals surface area contributed by atoms with E-state index >= 15 is 0 Å². The molecule has 5 rings (SSSR count). The van der Waals surface area contributed by atoms with Crippen LogP contribution in [-0.4, -0.2) is 49.9 Å². The Kier molecular flexibility index (Phi) is 5.55. The van der Waals surface area contributed by atoms with Gasteiger partial charge in [-0.3, -0.25) is 4.79 Å². The Morgan fingerprint density at radius 2 is 1.94 bits per heavy atom. The molecule has 31 heavy (non-hydrogen) atoms. The average Bonchev–Trinajstić information content (AvgIpc) is 3.15. The van der Waals surface area contributed by atoms with Gasteiger partial charge in [0.2, 0.25) is 5.91 Å². The number of hydrogen-bond acceptors (Lipinski definition) is 4. The number of piperazine rings is 1. The maximum absolute atomic E-state index is 12.0. The van der Waals surface area contributed by atoms with Crippen LogP contribution in [0.2, 0.25) is 0 Å². The van der Waals surface area contributed by atoms with E-state index in [9.17, 15) is 4.79 Å². The molecule has 162 valence electrons. The van der Waals surface area contributed by atoms with Gasteiger partial charge in [0.15, 0.2) is 0 Å². The van der Waals surface area contributed by atoms with E-state index in [1.807, 2.05) is 6.07 Å². The van der Waals surface area contributed by atoms with Crippen molar-refractivity contribution in [1.29, 1.82) is 0 Å². The number of aryl methyl sites for hydroxylation is 1. The lowest BCUT2D eigenvalue weighted by Crippen LogP contribution is -2.47. The van der Waals surface area contributed by atoms with E-state index in [1.54, 1.807) is 0 Å². The summed E-state index contributed by atoms with van der Waals surface area (Å²) in [4.78, 5) is 14.2. The molecule has 0 aliphatic carbocycles. The van der Waals surface area contributed by atoms with Gasteiger partial charge in [-0.05, 0) is 42.5 Å². The summed E-state index contributed by atoms with van der Waals surface area (Å²) in [6.45, 7) is 4.57. The van der Waals surface area contributed by atoms with Gasteiger partial charge in [0.25, 0.3) is 0 Å². The number of carbonyl (C=O) groups is 1. The molecule has 0 radical (unpaired) electrons. The van der Waals surface area contributed by atoms with Crippen molar-refractivity contribution >= 4 is 28.2 Å². The standard InChI is InChI=1S/C25H30N4O2/c1-28-23(19-5-3-2-4-6-19)14-20-13-21(29-10-9-26-24(30)17-29)15-22(25(20)28)27-16-18-7-11-31-12-8-18/h2-6,13-15,18,27H,7-12,16-17H2,1H3,(H,26,30). The van der Waals surface area contributed by atoms with Crippen molar-refractivity contribution in [2.75, 3.05) is 49.6 Å². The largest absolute Gasteiger partial charge is 0.383 e. The molecule has 0 bridgehead atoms. The first-order valence-electron chi connectivity index (χ1n) is 11.2. The summed E-state index contributed by atoms with van der Waals surface area (Å²) < 4.78 is 7.81. The molecule has 2 saturated heterocycles. The topological polar surface area (TPSA) is 58.5 Å². The minimum absolute atomic E-state index is 0.0844. The highest BCUT2D eigenvalue weighted by atomic mass is 16.5. The summed E-state index contributed by atoms with van der Waals surface area (Å²) in [5.41, 5.74) is 5.83. The van der Waals surface area contributed by atoms with Crippen LogP contribution in [0, 0.1) is 5.92 Å². The number of hydrogen-bond donors (Lipinski definition) is 2. The Morgan fingerprint density at radius 1 is 1.13 bits per heavy atom. The van der Waals surface area contributed by atoms with Crippen LogP contribution in [0.1, 0.15) is 12.8 Å². The van der Waals surface area contributed by atoms with Crippen LogP contribution in [0.25, 0.3) is 22.2 Å². The van der Waals surface area contributed by atoms with Crippen molar-refractivity contribution in [2.45, 2.75) is 12.8 Å². The Labute approximate surface area is 183 Å². The molecule has 2 fully saturated rings. The second-order valence-electron chi connectivity index (χ2n) is 8.59. The molecule has 0 unspecified atom stereocenters. The van der Waals surface area contributed by atoms with Crippen molar-refractivity contribution in [3.05, 3.63) is 48.5 Å². The Morgan fingerprint density at radius 3 is 2.71 bits per heavy atom. The summed E-state index contributed by atoms with van der Waals surface area (Å²) in [5, 5.41) is 7.87. The van der Waals surface area contributed by atoms with E-state index < -0.39 is 0 Å². The molecule has 1 amide bonds. The number of anilines is 2. The minimum Gasteiger partial charge on any atom is -0.383 e. The highest BCUT2D eigenvalue weighted by Gasteiger charge is 2.21. The van der Waals surface area contributed by atoms with Gasteiger partial charge < -0.3 is 24.8 Å². The SMILES string of the molecule is Cn1c(-c2ccccc2)cc2cc(N3CCNC(=O)C3)cc(NCC3CCOCC3)c21. The summed E-state index contributed by atoms with van der Waals surface area (Å²) in [5.74, 6) is 0.711. The fraction of sp³-hybridized carbons (Fsp3) is 0.400. The third-order valence-corrected chi connectivity index (χ3v) is 6.51. The molecule has 0 spiro atoms. The fourth-order valence-corrected chi connectivity index (χ4v) is 4.76. The van der Waals surface area contributed by atoms with Gasteiger partial charge >= 0.3 is 0 Å². The van der Waals surface area contributed by atoms with E-state index in [2.05, 4.69) is 69.6 Å². The molecule has 3 aromatic rings. The zero-order chi connectivity index (χ0) is 21.2. The van der Waals surface area contributed by atoms with Gasteiger partial charge in [-0.1, -0.05) is 30.3 Å². The molecule has 6 heteroatoms. The second-order valence-corrected chi connectivity index (χ2v) is 8.59. The zero-order valence-corrected chi connectivity index (χ0v) is 18.1. The van der Waals surface area contributed by atoms with Gasteiger partial charge in [-0.15, -0.1) is 0 Å². The van der Waals surface area contributed by atoms with E-state index in [-0.39, 0.29) is 5.91 Å². The van der Waals surface area contributed by atoms with Crippen LogP contribution in [0.3, 0.4) is 0 Å². The lowest BCUT2D eigenvalue weighted by Gasteiger charge is -2.29. The van der Waals surface area contributed by atoms with Gasteiger partial charge in [-0.2, -0.15) is 0 Å². The second kappa shape index (κ2) is 8.63. The van der Waals surface area contributed by atoms with E-state index in [1.165, 1.54) is 22.2 Å². The molecule has 1 aromatic heterocycles. The number of carbonyl (C=O) groups excluding carboxylic acids is 1. The number of ether oxygens (including phenoxy) is 1. The fourth-order valence-electron chi connectivity index (χ4n) is 4.76. The number of fused-ring (bicyclic) bond motifs is 1. The molecule has 2 aliphatic heterocycles. The van der Waals surface area contributed by atoms with E-state index in [4.69, 9.17) is 4.74 Å². The Hall–Kier alpha value is -2.99. The molecule has 0 atom stereocenters. The minimum atomic E-state index is 0.0844. The molecule has 2 aliphatic rings. The number of nitrogens with one attached hydrogen (secondary N) is 2. The van der Waals surface area contributed by atoms with E-state index in [0.717, 1.165) is 50.5 Å². The highest BCUT2D eigenvalue weighted by molar-refractivity contribution is 5.99. The number of nitrogens with zero attached hydrogens (tertiary/aromatic N) is 2. The smallest absolute Gasteiger partial charge is 0.239 e. The molecule has 2 N–H and O–H groups in total. The van der Waals surface area contributed by atoms with Gasteiger partial charge in [0, 0.05) is 56.7 Å². The maximum atomic E-state index is 12.0. The number of benzene rings is 2. The third-order valence-electron chi connectivity index (χ3n) is 6.51. The zero-order valence-electron chi connectivity index (χ0n) is 18.1. The predicted molar refractivity (Wildman–Crippen MR) is 126 cm³/mol. The van der Waals surface area contributed by atoms with Gasteiger partial charge in [0.05, 0.1) is 17.7 Å². The monoisotopic (exact) mass is 418 g/mol. The first-order chi connectivity index (χ1) is 15.2.